The molecule has 0 spiro atoms. The Hall–Kier alpha value is -3.45. The lowest BCUT2D eigenvalue weighted by Crippen LogP contribution is -2.50. The molecule has 3 heterocycles. The Morgan fingerprint density at radius 1 is 0.966 bits per heavy atom. The molecule has 2 aliphatic heterocycles. The Balaban J connectivity index is 1.57. The SMILES string of the molecule is O=C1NC(SCc2ccccc2)=NN2C1=c1ccccc1=N[C@H]2c1ccccn1. The Morgan fingerprint density at radius 2 is 1.76 bits per heavy atom. The molecule has 0 fully saturated rings. The predicted octanol–water partition coefficient (Wildman–Crippen LogP) is 2.16. The maximum atomic E-state index is 13.0. The fraction of sp³-hybridized carbons (Fsp3) is 0.0909. The lowest BCUT2D eigenvalue weighted by Gasteiger charge is -2.33. The number of aromatic nitrogens is 1. The maximum Gasteiger partial charge on any atom is 0.276 e. The average molecular weight is 399 g/mol. The average Bonchev–Trinajstić information content (AvgIpc) is 2.78. The fourth-order valence-corrected chi connectivity index (χ4v) is 4.15. The predicted molar refractivity (Wildman–Crippen MR) is 113 cm³/mol. The van der Waals surface area contributed by atoms with Crippen molar-refractivity contribution in [2.75, 3.05) is 0 Å². The van der Waals surface area contributed by atoms with E-state index in [1.54, 1.807) is 11.2 Å². The molecule has 1 aromatic heterocycles. The van der Waals surface area contributed by atoms with Crippen LogP contribution in [0.25, 0.3) is 5.70 Å². The van der Waals surface area contributed by atoms with Gasteiger partial charge in [0.1, 0.15) is 5.70 Å². The summed E-state index contributed by atoms with van der Waals surface area (Å²) in [5.41, 5.74) is 2.40. The molecule has 0 saturated heterocycles. The van der Waals surface area contributed by atoms with Gasteiger partial charge in [0.15, 0.2) is 11.3 Å². The lowest BCUT2D eigenvalue weighted by atomic mass is 10.1. The van der Waals surface area contributed by atoms with Crippen LogP contribution >= 0.6 is 11.8 Å². The number of benzene rings is 2. The van der Waals surface area contributed by atoms with Crippen LogP contribution in [0.1, 0.15) is 17.4 Å². The second-order valence-electron chi connectivity index (χ2n) is 6.60. The number of carbonyl (C=O) groups excluding carboxylic acids is 1. The molecule has 3 aromatic rings. The minimum atomic E-state index is -0.487. The molecule has 142 valence electrons. The number of pyridine rings is 1. The zero-order chi connectivity index (χ0) is 19.6. The number of hydrazone groups is 1. The summed E-state index contributed by atoms with van der Waals surface area (Å²) in [5, 5.41) is 11.4. The van der Waals surface area contributed by atoms with Gasteiger partial charge in [0.25, 0.3) is 5.91 Å². The molecule has 2 aliphatic rings. The summed E-state index contributed by atoms with van der Waals surface area (Å²) in [7, 11) is 0. The number of hydrogen-bond acceptors (Lipinski definition) is 6. The highest BCUT2D eigenvalue weighted by Crippen LogP contribution is 2.29. The molecule has 0 saturated carbocycles. The highest BCUT2D eigenvalue weighted by Gasteiger charge is 2.34. The Bertz CT molecular complexity index is 1210. The third-order valence-electron chi connectivity index (χ3n) is 4.69. The summed E-state index contributed by atoms with van der Waals surface area (Å²) in [5.74, 6) is 0.532. The van der Waals surface area contributed by atoms with Gasteiger partial charge in [0, 0.05) is 17.2 Å². The molecule has 0 radical (unpaired) electrons. The maximum absolute atomic E-state index is 13.0. The van der Waals surface area contributed by atoms with E-state index in [-0.39, 0.29) is 5.91 Å². The molecule has 29 heavy (non-hydrogen) atoms. The van der Waals surface area contributed by atoms with Crippen molar-refractivity contribution in [2.45, 2.75) is 11.9 Å². The summed E-state index contributed by atoms with van der Waals surface area (Å²) in [6.07, 6.45) is 1.24. The second-order valence-corrected chi connectivity index (χ2v) is 7.57. The largest absolute Gasteiger partial charge is 0.298 e. The number of para-hydroxylation sites is 1. The van der Waals surface area contributed by atoms with Gasteiger partial charge < -0.3 is 0 Å². The van der Waals surface area contributed by atoms with E-state index in [0.29, 0.717) is 16.6 Å². The molecule has 0 bridgehead atoms. The summed E-state index contributed by atoms with van der Waals surface area (Å²) < 4.78 is 0. The van der Waals surface area contributed by atoms with Crippen LogP contribution in [0.15, 0.2) is 89.1 Å². The number of hydrogen-bond donors (Lipinski definition) is 1. The van der Waals surface area contributed by atoms with Crippen LogP contribution in [-0.2, 0) is 10.5 Å². The van der Waals surface area contributed by atoms with E-state index in [0.717, 1.165) is 16.3 Å². The number of thioether (sulfide) groups is 1. The smallest absolute Gasteiger partial charge is 0.276 e. The van der Waals surface area contributed by atoms with E-state index in [2.05, 4.69) is 22.4 Å². The summed E-state index contributed by atoms with van der Waals surface area (Å²) in [6.45, 7) is 0. The molecular weight excluding hydrogens is 382 g/mol. The van der Waals surface area contributed by atoms with Gasteiger partial charge in [-0.2, -0.15) is 0 Å². The van der Waals surface area contributed by atoms with Gasteiger partial charge >= 0.3 is 0 Å². The molecular formula is C22H17N5OS. The van der Waals surface area contributed by atoms with Crippen molar-refractivity contribution in [1.29, 1.82) is 0 Å². The number of rotatable bonds is 3. The molecule has 6 nitrogen and oxygen atoms in total. The monoisotopic (exact) mass is 399 g/mol. The summed E-state index contributed by atoms with van der Waals surface area (Å²) in [4.78, 5) is 22.3. The third kappa shape index (κ3) is 3.40. The van der Waals surface area contributed by atoms with E-state index >= 15 is 0 Å². The van der Waals surface area contributed by atoms with Crippen LogP contribution in [0.2, 0.25) is 0 Å². The van der Waals surface area contributed by atoms with Crippen molar-refractivity contribution in [1.82, 2.24) is 15.3 Å². The number of carbonyl (C=O) groups is 1. The van der Waals surface area contributed by atoms with Crippen molar-refractivity contribution in [3.8, 4) is 0 Å². The van der Waals surface area contributed by atoms with Crippen LogP contribution in [0.5, 0.6) is 0 Å². The standard InChI is InChI=1S/C22H17N5OS/c28-21-19-16-10-4-5-11-17(16)24-20(18-12-6-7-13-23-18)27(19)26-22(25-21)29-14-15-8-2-1-3-9-15/h1-13,20H,14H2,(H,25,26,28)/t20-/m1/s1. The van der Waals surface area contributed by atoms with Crippen molar-refractivity contribution in [3.05, 3.63) is 101 Å². The Kier molecular flexibility index (Phi) is 4.57. The van der Waals surface area contributed by atoms with Crippen LogP contribution in [0, 0.1) is 0 Å². The molecule has 5 rings (SSSR count). The zero-order valence-corrected chi connectivity index (χ0v) is 16.2. The van der Waals surface area contributed by atoms with Gasteiger partial charge in [0.2, 0.25) is 0 Å². The number of fused-ring (bicyclic) bond motifs is 2. The van der Waals surface area contributed by atoms with Crippen molar-refractivity contribution in [2.24, 2.45) is 10.1 Å². The molecule has 0 aliphatic carbocycles. The van der Waals surface area contributed by atoms with Crippen LogP contribution < -0.4 is 15.9 Å². The van der Waals surface area contributed by atoms with E-state index < -0.39 is 6.17 Å². The molecule has 7 heteroatoms. The van der Waals surface area contributed by atoms with E-state index in [1.165, 1.54) is 17.3 Å². The highest BCUT2D eigenvalue weighted by molar-refractivity contribution is 8.13. The Labute approximate surface area is 171 Å². The van der Waals surface area contributed by atoms with Gasteiger partial charge in [-0.15, -0.1) is 5.10 Å². The first kappa shape index (κ1) is 17.6. The molecule has 1 N–H and O–H groups in total. The van der Waals surface area contributed by atoms with E-state index in [9.17, 15) is 4.79 Å². The topological polar surface area (TPSA) is 70.0 Å². The number of nitrogens with one attached hydrogen (secondary N) is 1. The van der Waals surface area contributed by atoms with Crippen LogP contribution in [-0.4, -0.2) is 21.1 Å². The quantitative estimate of drug-likeness (QED) is 0.733. The van der Waals surface area contributed by atoms with Gasteiger partial charge in [-0.1, -0.05) is 66.4 Å². The van der Waals surface area contributed by atoms with E-state index in [1.807, 2.05) is 60.7 Å². The zero-order valence-electron chi connectivity index (χ0n) is 15.4. The van der Waals surface area contributed by atoms with Crippen molar-refractivity contribution < 1.29 is 4.79 Å². The molecule has 2 aromatic carbocycles. The first-order valence-corrected chi connectivity index (χ1v) is 10.2. The van der Waals surface area contributed by atoms with Crippen LogP contribution in [0.3, 0.4) is 0 Å². The fourth-order valence-electron chi connectivity index (χ4n) is 3.34. The first-order valence-electron chi connectivity index (χ1n) is 9.23. The number of amidine groups is 1. The first-order chi connectivity index (χ1) is 14.3. The minimum absolute atomic E-state index is 0.182. The van der Waals surface area contributed by atoms with Crippen molar-refractivity contribution in [3.63, 3.8) is 0 Å². The second kappa shape index (κ2) is 7.52. The molecule has 0 unspecified atom stereocenters. The van der Waals surface area contributed by atoms with Gasteiger partial charge in [-0.3, -0.25) is 20.1 Å². The summed E-state index contributed by atoms with van der Waals surface area (Å²) in [6, 6.07) is 23.4. The van der Waals surface area contributed by atoms with Crippen molar-refractivity contribution >= 4 is 28.5 Å². The molecule has 1 atom stereocenters. The lowest BCUT2D eigenvalue weighted by molar-refractivity contribution is -0.116. The summed E-state index contributed by atoms with van der Waals surface area (Å²) >= 11 is 1.49. The van der Waals surface area contributed by atoms with Crippen LogP contribution in [0.4, 0.5) is 0 Å². The minimum Gasteiger partial charge on any atom is -0.298 e. The van der Waals surface area contributed by atoms with Gasteiger partial charge in [-0.25, -0.2) is 5.01 Å². The highest BCUT2D eigenvalue weighted by atomic mass is 32.2. The normalized spacial score (nSPS) is 17.6. The van der Waals surface area contributed by atoms with Gasteiger partial charge in [-0.05, 0) is 23.8 Å². The molecule has 1 amide bonds. The Morgan fingerprint density at radius 3 is 2.59 bits per heavy atom. The number of amides is 1. The van der Waals surface area contributed by atoms with E-state index in [4.69, 9.17) is 10.1 Å². The van der Waals surface area contributed by atoms with Gasteiger partial charge in [0.05, 0.1) is 11.1 Å². The third-order valence-corrected chi connectivity index (χ3v) is 5.62. The number of nitrogens with zero attached hydrogens (tertiary/aromatic N) is 4.